The van der Waals surface area contributed by atoms with E-state index in [2.05, 4.69) is 27.2 Å². The van der Waals surface area contributed by atoms with E-state index in [0.717, 1.165) is 12.3 Å². The van der Waals surface area contributed by atoms with Gasteiger partial charge in [0, 0.05) is 0 Å². The minimum Gasteiger partial charge on any atom is -0.0654 e. The molecule has 0 N–H and O–H groups in total. The largest absolute Gasteiger partial charge is 0.0654 e. The molecule has 0 saturated carbocycles. The third-order valence-corrected chi connectivity index (χ3v) is 2.44. The van der Waals surface area contributed by atoms with Crippen LogP contribution in [0.5, 0.6) is 0 Å². The highest BCUT2D eigenvalue weighted by Crippen LogP contribution is 2.18. The lowest BCUT2D eigenvalue weighted by Gasteiger charge is -2.12. The number of rotatable bonds is 8. The van der Waals surface area contributed by atoms with Gasteiger partial charge in [-0.25, -0.2) is 0 Å². The predicted molar refractivity (Wildman–Crippen MR) is 56.8 cm³/mol. The van der Waals surface area contributed by atoms with Gasteiger partial charge in [0.25, 0.3) is 0 Å². The average Bonchev–Trinajstić information content (AvgIpc) is 2.10. The van der Waals surface area contributed by atoms with E-state index >= 15 is 0 Å². The maximum absolute atomic E-state index is 3.98. The topological polar surface area (TPSA) is 0 Å². The summed E-state index contributed by atoms with van der Waals surface area (Å²) in [7, 11) is 0. The summed E-state index contributed by atoms with van der Waals surface area (Å²) in [5.74, 6) is 0.854. The Bertz CT molecular complexity index is 76.1. The van der Waals surface area contributed by atoms with Crippen molar-refractivity contribution in [2.24, 2.45) is 5.92 Å². The Morgan fingerprint density at radius 1 is 1.25 bits per heavy atom. The van der Waals surface area contributed by atoms with Crippen molar-refractivity contribution in [3.63, 3.8) is 0 Å². The summed E-state index contributed by atoms with van der Waals surface area (Å²) in [6, 6.07) is 0. The fraction of sp³-hybridized carbons (Fsp3) is 0.833. The molecule has 0 aromatic heterocycles. The van der Waals surface area contributed by atoms with Crippen LogP contribution in [0.2, 0.25) is 0 Å². The first-order valence-corrected chi connectivity index (χ1v) is 5.42. The molecule has 1 unspecified atom stereocenters. The highest BCUT2D eigenvalue weighted by Gasteiger charge is 2.03. The first-order valence-electron chi connectivity index (χ1n) is 5.42. The van der Waals surface area contributed by atoms with Crippen molar-refractivity contribution in [1.29, 1.82) is 0 Å². The standard InChI is InChI=1S/C12H24/c1-4-7-8-9-11-12(6-3)10-5-2/h5,12H,3-4,6-11H2,1-2H3. The SMILES string of the molecule is [CH2]CC(C[CH]C)CCCCCC. The van der Waals surface area contributed by atoms with Gasteiger partial charge in [-0.05, 0) is 18.8 Å². The Morgan fingerprint density at radius 3 is 2.50 bits per heavy atom. The number of unbranched alkanes of at least 4 members (excludes halogenated alkanes) is 3. The van der Waals surface area contributed by atoms with Crippen LogP contribution in [0, 0.1) is 19.3 Å². The van der Waals surface area contributed by atoms with Gasteiger partial charge < -0.3 is 0 Å². The van der Waals surface area contributed by atoms with Crippen LogP contribution in [0.15, 0.2) is 0 Å². The quantitative estimate of drug-likeness (QED) is 0.471. The number of hydrogen-bond acceptors (Lipinski definition) is 0. The highest BCUT2D eigenvalue weighted by molar-refractivity contribution is 4.67. The molecule has 0 aliphatic heterocycles. The molecule has 2 radical (unpaired) electrons. The van der Waals surface area contributed by atoms with Gasteiger partial charge in [0.15, 0.2) is 0 Å². The molecule has 0 rings (SSSR count). The molecule has 72 valence electrons. The van der Waals surface area contributed by atoms with Crippen LogP contribution in [0.4, 0.5) is 0 Å². The normalized spacial score (nSPS) is 13.2. The zero-order chi connectivity index (χ0) is 9.23. The van der Waals surface area contributed by atoms with Crippen molar-refractivity contribution < 1.29 is 0 Å². The fourth-order valence-electron chi connectivity index (χ4n) is 1.57. The van der Waals surface area contributed by atoms with Crippen LogP contribution < -0.4 is 0 Å². The van der Waals surface area contributed by atoms with Crippen molar-refractivity contribution in [3.8, 4) is 0 Å². The molecule has 1 atom stereocenters. The molecule has 0 amide bonds. The predicted octanol–water partition coefficient (Wildman–Crippen LogP) is 4.41. The molecule has 0 aliphatic carbocycles. The molecule has 0 saturated heterocycles. The summed E-state index contributed by atoms with van der Waals surface area (Å²) < 4.78 is 0. The summed E-state index contributed by atoms with van der Waals surface area (Å²) in [6.07, 6.45) is 11.6. The molecule has 0 aromatic rings. The molecule has 0 nitrogen and oxygen atoms in total. The van der Waals surface area contributed by atoms with Crippen molar-refractivity contribution in [1.82, 2.24) is 0 Å². The van der Waals surface area contributed by atoms with Crippen molar-refractivity contribution in [2.75, 3.05) is 0 Å². The van der Waals surface area contributed by atoms with Gasteiger partial charge in [0.1, 0.15) is 0 Å². The summed E-state index contributed by atoms with van der Waals surface area (Å²) >= 11 is 0. The lowest BCUT2D eigenvalue weighted by atomic mass is 9.94. The molecule has 0 aliphatic rings. The Balaban J connectivity index is 3.19. The molecule has 0 fully saturated rings. The fourth-order valence-corrected chi connectivity index (χ4v) is 1.57. The van der Waals surface area contributed by atoms with Gasteiger partial charge in [-0.3, -0.25) is 0 Å². The molecular formula is C12H24. The van der Waals surface area contributed by atoms with Gasteiger partial charge in [-0.15, -0.1) is 0 Å². The Morgan fingerprint density at radius 2 is 2.00 bits per heavy atom. The van der Waals surface area contributed by atoms with E-state index in [1.54, 1.807) is 0 Å². The van der Waals surface area contributed by atoms with Crippen LogP contribution in [0.1, 0.15) is 58.8 Å². The molecular weight excluding hydrogens is 144 g/mol. The second kappa shape index (κ2) is 9.09. The lowest BCUT2D eigenvalue weighted by molar-refractivity contribution is 0.451. The maximum atomic E-state index is 3.98. The van der Waals surface area contributed by atoms with E-state index in [9.17, 15) is 0 Å². The zero-order valence-electron chi connectivity index (χ0n) is 8.81. The summed E-state index contributed by atoms with van der Waals surface area (Å²) in [5, 5.41) is 0. The van der Waals surface area contributed by atoms with E-state index in [4.69, 9.17) is 0 Å². The van der Waals surface area contributed by atoms with Gasteiger partial charge in [0.05, 0.1) is 0 Å². The third-order valence-electron chi connectivity index (χ3n) is 2.44. The minimum atomic E-state index is 0.854. The van der Waals surface area contributed by atoms with Gasteiger partial charge in [0.2, 0.25) is 0 Å². The van der Waals surface area contributed by atoms with Crippen molar-refractivity contribution in [3.05, 3.63) is 13.3 Å². The van der Waals surface area contributed by atoms with Crippen LogP contribution in [-0.4, -0.2) is 0 Å². The van der Waals surface area contributed by atoms with Crippen LogP contribution in [0.25, 0.3) is 0 Å². The molecule has 0 heteroatoms. The first-order chi connectivity index (χ1) is 5.85. The van der Waals surface area contributed by atoms with Crippen LogP contribution >= 0.6 is 0 Å². The van der Waals surface area contributed by atoms with E-state index in [-0.39, 0.29) is 0 Å². The van der Waals surface area contributed by atoms with Gasteiger partial charge in [-0.1, -0.05) is 59.3 Å². The van der Waals surface area contributed by atoms with E-state index in [1.807, 2.05) is 0 Å². The third kappa shape index (κ3) is 6.69. The molecule has 0 spiro atoms. The van der Waals surface area contributed by atoms with E-state index < -0.39 is 0 Å². The van der Waals surface area contributed by atoms with Gasteiger partial charge in [-0.2, -0.15) is 0 Å². The average molecular weight is 168 g/mol. The maximum Gasteiger partial charge on any atom is -0.0412 e. The Labute approximate surface area is 78.8 Å². The number of hydrogen-bond donors (Lipinski definition) is 0. The summed E-state index contributed by atoms with van der Waals surface area (Å²) in [5.41, 5.74) is 0. The second-order valence-corrected chi connectivity index (χ2v) is 3.65. The second-order valence-electron chi connectivity index (χ2n) is 3.65. The summed E-state index contributed by atoms with van der Waals surface area (Å²) in [4.78, 5) is 0. The lowest BCUT2D eigenvalue weighted by Crippen LogP contribution is -1.98. The monoisotopic (exact) mass is 168 g/mol. The molecule has 0 bridgehead atoms. The van der Waals surface area contributed by atoms with E-state index in [1.165, 1.54) is 38.5 Å². The van der Waals surface area contributed by atoms with Crippen molar-refractivity contribution >= 4 is 0 Å². The van der Waals surface area contributed by atoms with E-state index in [0.29, 0.717) is 0 Å². The van der Waals surface area contributed by atoms with Crippen LogP contribution in [-0.2, 0) is 0 Å². The van der Waals surface area contributed by atoms with Crippen molar-refractivity contribution in [2.45, 2.75) is 58.8 Å². The van der Waals surface area contributed by atoms with Crippen LogP contribution in [0.3, 0.4) is 0 Å². The smallest absolute Gasteiger partial charge is 0.0412 e. The zero-order valence-corrected chi connectivity index (χ0v) is 8.81. The summed E-state index contributed by atoms with van der Waals surface area (Å²) in [6.45, 7) is 8.39. The molecule has 0 heterocycles. The van der Waals surface area contributed by atoms with Gasteiger partial charge >= 0.3 is 0 Å². The minimum absolute atomic E-state index is 0.854. The molecule has 0 aromatic carbocycles. The Kier molecular flexibility index (Phi) is 9.09. The highest BCUT2D eigenvalue weighted by atomic mass is 14.1. The Hall–Kier alpha value is 0. The first kappa shape index (κ1) is 12.0. The molecule has 12 heavy (non-hydrogen) atoms.